The van der Waals surface area contributed by atoms with Crippen molar-refractivity contribution in [3.63, 3.8) is 0 Å². The third-order valence-electron chi connectivity index (χ3n) is 5.77. The Morgan fingerprint density at radius 1 is 1.03 bits per heavy atom. The molecule has 2 aromatic rings. The van der Waals surface area contributed by atoms with E-state index in [-0.39, 0.29) is 36.4 Å². The normalized spacial score (nSPS) is 18.7. The summed E-state index contributed by atoms with van der Waals surface area (Å²) in [5.74, 6) is 2.99. The molecule has 1 fully saturated rings. The van der Waals surface area contributed by atoms with Crippen LogP contribution in [-0.2, 0) is 27.3 Å². The number of nitrogens with zero attached hydrogens (tertiary/aromatic N) is 1. The van der Waals surface area contributed by atoms with E-state index in [1.165, 1.54) is 12.1 Å². The van der Waals surface area contributed by atoms with Crippen molar-refractivity contribution >= 4 is 29.5 Å². The highest BCUT2D eigenvalue weighted by atomic mass is 16.2. The third kappa shape index (κ3) is 4.52. The van der Waals surface area contributed by atoms with Gasteiger partial charge in [0, 0.05) is 13.0 Å². The topological polar surface area (TPSA) is 151 Å². The second kappa shape index (κ2) is 9.31. The van der Waals surface area contributed by atoms with Crippen molar-refractivity contribution in [1.29, 1.82) is 0 Å². The molecule has 0 aliphatic carbocycles. The summed E-state index contributed by atoms with van der Waals surface area (Å²) in [7, 11) is 0. The van der Waals surface area contributed by atoms with Gasteiger partial charge in [-0.1, -0.05) is 36.4 Å². The van der Waals surface area contributed by atoms with Crippen molar-refractivity contribution in [3.05, 3.63) is 70.8 Å². The lowest BCUT2D eigenvalue weighted by Gasteiger charge is -2.27. The molecule has 2 aromatic carbocycles. The number of nitrogens with one attached hydrogen (secondary N) is 3. The first-order valence-electron chi connectivity index (χ1n) is 10.5. The van der Waals surface area contributed by atoms with Crippen LogP contribution >= 0.6 is 0 Å². The zero-order valence-corrected chi connectivity index (χ0v) is 17.7. The minimum absolute atomic E-state index is 0.0560. The van der Waals surface area contributed by atoms with Gasteiger partial charge >= 0.3 is 0 Å². The number of nitrogens with two attached hydrogens (primary N) is 1. The predicted octanol–water partition coefficient (Wildman–Crippen LogP) is -0.221. The van der Waals surface area contributed by atoms with Crippen molar-refractivity contribution in [2.24, 2.45) is 5.84 Å². The first-order valence-corrected chi connectivity index (χ1v) is 10.5. The third-order valence-corrected chi connectivity index (χ3v) is 5.77. The Labute approximate surface area is 189 Å². The van der Waals surface area contributed by atoms with Gasteiger partial charge in [0.1, 0.15) is 12.1 Å². The molecule has 10 heteroatoms. The van der Waals surface area contributed by atoms with Gasteiger partial charge in [-0.2, -0.15) is 0 Å². The van der Waals surface area contributed by atoms with Gasteiger partial charge in [-0.3, -0.25) is 40.0 Å². The van der Waals surface area contributed by atoms with Crippen LogP contribution in [-0.4, -0.2) is 46.5 Å². The van der Waals surface area contributed by atoms with Crippen LogP contribution in [0.15, 0.2) is 48.5 Å². The number of piperidine rings is 1. The number of benzene rings is 2. The maximum Gasteiger partial charge on any atom is 0.262 e. The number of imide groups is 2. The van der Waals surface area contributed by atoms with E-state index in [4.69, 9.17) is 5.84 Å². The van der Waals surface area contributed by atoms with Crippen molar-refractivity contribution in [2.45, 2.75) is 37.9 Å². The molecule has 2 atom stereocenters. The van der Waals surface area contributed by atoms with E-state index >= 15 is 0 Å². The SMILES string of the molecule is NNC(Cc1ccccc1)C(=O)NCc1ccc2c(c1)C(=O)N(C1CCC(=O)NC1=O)C2=O. The quantitative estimate of drug-likeness (QED) is 0.259. The van der Waals surface area contributed by atoms with Crippen LogP contribution in [0.1, 0.15) is 44.7 Å². The lowest BCUT2D eigenvalue weighted by atomic mass is 10.0. The van der Waals surface area contributed by atoms with Gasteiger partial charge in [0.15, 0.2) is 0 Å². The largest absolute Gasteiger partial charge is 0.351 e. The number of carbonyl (C=O) groups is 5. The van der Waals surface area contributed by atoms with E-state index in [1.54, 1.807) is 6.07 Å². The molecule has 33 heavy (non-hydrogen) atoms. The Balaban J connectivity index is 1.43. The van der Waals surface area contributed by atoms with Gasteiger partial charge in [-0.25, -0.2) is 5.43 Å². The molecule has 0 aromatic heterocycles. The summed E-state index contributed by atoms with van der Waals surface area (Å²) >= 11 is 0. The summed E-state index contributed by atoms with van der Waals surface area (Å²) in [6.07, 6.45) is 0.551. The molecule has 1 saturated heterocycles. The molecule has 4 rings (SSSR count). The van der Waals surface area contributed by atoms with Crippen LogP contribution < -0.4 is 21.9 Å². The second-order valence-electron chi connectivity index (χ2n) is 7.95. The number of carbonyl (C=O) groups excluding carboxylic acids is 5. The van der Waals surface area contributed by atoms with Crippen LogP contribution in [0.2, 0.25) is 0 Å². The van der Waals surface area contributed by atoms with Crippen molar-refractivity contribution in [2.75, 3.05) is 0 Å². The molecule has 2 aliphatic rings. The maximum atomic E-state index is 12.9. The zero-order valence-electron chi connectivity index (χ0n) is 17.7. The summed E-state index contributed by atoms with van der Waals surface area (Å²) in [6.45, 7) is 0.124. The molecule has 2 unspecified atom stereocenters. The van der Waals surface area contributed by atoms with E-state index in [9.17, 15) is 24.0 Å². The monoisotopic (exact) mass is 449 g/mol. The molecule has 5 N–H and O–H groups in total. The van der Waals surface area contributed by atoms with Crippen LogP contribution in [0, 0.1) is 0 Å². The fourth-order valence-corrected chi connectivity index (χ4v) is 4.02. The summed E-state index contributed by atoms with van der Waals surface area (Å²) < 4.78 is 0. The summed E-state index contributed by atoms with van der Waals surface area (Å²) in [6, 6.07) is 12.4. The molecule has 5 amide bonds. The van der Waals surface area contributed by atoms with Crippen LogP contribution in [0.4, 0.5) is 0 Å². The zero-order chi connectivity index (χ0) is 23.5. The van der Waals surface area contributed by atoms with Gasteiger partial charge in [0.05, 0.1) is 11.1 Å². The highest BCUT2D eigenvalue weighted by Crippen LogP contribution is 2.28. The highest BCUT2D eigenvalue weighted by molar-refractivity contribution is 6.23. The summed E-state index contributed by atoms with van der Waals surface area (Å²) in [5.41, 5.74) is 4.42. The van der Waals surface area contributed by atoms with Crippen molar-refractivity contribution in [3.8, 4) is 0 Å². The number of hydrogen-bond donors (Lipinski definition) is 4. The molecule has 0 radical (unpaired) electrons. The average molecular weight is 449 g/mol. The predicted molar refractivity (Wildman–Crippen MR) is 116 cm³/mol. The lowest BCUT2D eigenvalue weighted by molar-refractivity contribution is -0.136. The Morgan fingerprint density at radius 3 is 2.45 bits per heavy atom. The highest BCUT2D eigenvalue weighted by Gasteiger charge is 2.44. The van der Waals surface area contributed by atoms with E-state index in [0.717, 1.165) is 10.5 Å². The molecular weight excluding hydrogens is 426 g/mol. The van der Waals surface area contributed by atoms with Crippen molar-refractivity contribution in [1.82, 2.24) is 21.0 Å². The number of amides is 5. The van der Waals surface area contributed by atoms with E-state index < -0.39 is 35.7 Å². The number of fused-ring (bicyclic) bond motifs is 1. The van der Waals surface area contributed by atoms with E-state index in [2.05, 4.69) is 16.1 Å². The Hall–Kier alpha value is -3.89. The van der Waals surface area contributed by atoms with E-state index in [1.807, 2.05) is 30.3 Å². The first-order chi connectivity index (χ1) is 15.9. The van der Waals surface area contributed by atoms with Gasteiger partial charge in [-0.05, 0) is 36.1 Å². The molecule has 2 aliphatic heterocycles. The summed E-state index contributed by atoms with van der Waals surface area (Å²) in [4.78, 5) is 62.7. The van der Waals surface area contributed by atoms with Crippen molar-refractivity contribution < 1.29 is 24.0 Å². The first kappa shape index (κ1) is 22.3. The minimum Gasteiger partial charge on any atom is -0.351 e. The average Bonchev–Trinajstić information content (AvgIpc) is 3.06. The minimum atomic E-state index is -1.02. The molecule has 10 nitrogen and oxygen atoms in total. The molecule has 0 spiro atoms. The standard InChI is InChI=1S/C23H23N5O5/c24-27-17(11-13-4-2-1-3-5-13)20(30)25-12-14-6-7-15-16(10-14)23(33)28(22(15)32)18-8-9-19(29)26-21(18)31/h1-7,10,17-18,27H,8-9,11-12,24H2,(H,25,30)(H,26,29,31). The number of rotatable bonds is 7. The lowest BCUT2D eigenvalue weighted by Crippen LogP contribution is -2.54. The Bertz CT molecular complexity index is 1130. The fourth-order valence-electron chi connectivity index (χ4n) is 4.02. The number of hydrazine groups is 1. The molecule has 0 bridgehead atoms. The maximum absolute atomic E-state index is 12.9. The smallest absolute Gasteiger partial charge is 0.262 e. The summed E-state index contributed by atoms with van der Waals surface area (Å²) in [5, 5.41) is 4.95. The second-order valence-corrected chi connectivity index (χ2v) is 7.95. The molecule has 2 heterocycles. The molecule has 0 saturated carbocycles. The fraction of sp³-hybridized carbons (Fsp3) is 0.261. The number of hydrogen-bond acceptors (Lipinski definition) is 7. The van der Waals surface area contributed by atoms with E-state index in [0.29, 0.717) is 12.0 Å². The van der Waals surface area contributed by atoms with Gasteiger partial charge in [0.2, 0.25) is 17.7 Å². The Kier molecular flexibility index (Phi) is 6.29. The molecular formula is C23H23N5O5. The van der Waals surface area contributed by atoms with Gasteiger partial charge in [0.25, 0.3) is 11.8 Å². The Morgan fingerprint density at radius 2 is 1.76 bits per heavy atom. The van der Waals surface area contributed by atoms with Gasteiger partial charge < -0.3 is 5.32 Å². The van der Waals surface area contributed by atoms with Crippen LogP contribution in [0.25, 0.3) is 0 Å². The molecule has 170 valence electrons. The van der Waals surface area contributed by atoms with Crippen LogP contribution in [0.5, 0.6) is 0 Å². The van der Waals surface area contributed by atoms with Crippen LogP contribution in [0.3, 0.4) is 0 Å². The van der Waals surface area contributed by atoms with Gasteiger partial charge in [-0.15, -0.1) is 0 Å².